The van der Waals surface area contributed by atoms with Crippen molar-refractivity contribution in [1.82, 2.24) is 9.80 Å². The Bertz CT molecular complexity index is 1120. The number of carbonyl (C=O) groups is 1. The van der Waals surface area contributed by atoms with Gasteiger partial charge in [-0.05, 0) is 54.8 Å². The minimum atomic E-state index is -4.28. The van der Waals surface area contributed by atoms with E-state index < -0.39 is 15.9 Å². The molecule has 0 saturated carbocycles. The van der Waals surface area contributed by atoms with Crippen LogP contribution in [0.2, 0.25) is 5.02 Å². The zero-order chi connectivity index (χ0) is 23.5. The summed E-state index contributed by atoms with van der Waals surface area (Å²) in [6.45, 7) is 6.48. The van der Waals surface area contributed by atoms with Crippen LogP contribution < -0.4 is 4.74 Å². The molecule has 1 fully saturated rings. The van der Waals surface area contributed by atoms with Crippen LogP contribution in [0.25, 0.3) is 0 Å². The number of amides is 1. The third kappa shape index (κ3) is 8.35. The molecule has 0 unspecified atom stereocenters. The van der Waals surface area contributed by atoms with Gasteiger partial charge in [0.15, 0.2) is 6.61 Å². The number of rotatable bonds is 7. The molecule has 33 heavy (non-hydrogen) atoms. The van der Waals surface area contributed by atoms with E-state index in [4.69, 9.17) is 20.9 Å². The van der Waals surface area contributed by atoms with Gasteiger partial charge >= 0.3 is 37.7 Å². The summed E-state index contributed by atoms with van der Waals surface area (Å²) in [5, 5.41) is 0.296. The molecule has 7 nitrogen and oxygen atoms in total. The molecule has 1 heterocycles. The molecular formula is C22H28CaClFN2O5S. The van der Waals surface area contributed by atoms with Crippen LogP contribution >= 0.6 is 11.6 Å². The van der Waals surface area contributed by atoms with Crippen LogP contribution in [0.5, 0.6) is 5.75 Å². The number of hydrogen-bond donors (Lipinski definition) is 1. The first-order valence-electron chi connectivity index (χ1n) is 10.1. The van der Waals surface area contributed by atoms with E-state index in [2.05, 4.69) is 4.90 Å². The molecule has 1 saturated heterocycles. The number of benzene rings is 2. The van der Waals surface area contributed by atoms with E-state index in [9.17, 15) is 17.6 Å². The van der Waals surface area contributed by atoms with Crippen LogP contribution in [0.4, 0.5) is 4.39 Å². The van der Waals surface area contributed by atoms with Crippen molar-refractivity contribution < 1.29 is 29.7 Å². The quantitative estimate of drug-likeness (QED) is 0.441. The molecule has 2 aromatic carbocycles. The minimum absolute atomic E-state index is 0. The van der Waals surface area contributed by atoms with Gasteiger partial charge in [0.25, 0.3) is 16.0 Å². The van der Waals surface area contributed by atoms with Crippen molar-refractivity contribution in [3.05, 3.63) is 63.4 Å². The van der Waals surface area contributed by atoms with Gasteiger partial charge in [0, 0.05) is 43.3 Å². The monoisotopic (exact) mass is 526 g/mol. The molecule has 3 rings (SSSR count). The molecular weight excluding hydrogens is 499 g/mol. The minimum Gasteiger partial charge on any atom is -1.00 e. The zero-order valence-corrected chi connectivity index (χ0v) is 22.5. The summed E-state index contributed by atoms with van der Waals surface area (Å²) in [7, 11) is -4.28. The summed E-state index contributed by atoms with van der Waals surface area (Å²) >= 11 is 5.90. The normalized spacial score (nSPS) is 14.6. The van der Waals surface area contributed by atoms with Gasteiger partial charge in [0.05, 0.1) is 0 Å². The standard InChI is InChI=1S/C22H26ClFN2O5S.Ca.2H/c1-15-10-20(24)16(2)9-17(15)12-25-5-7-26(8-6-25)22(27)13-31-21-4-3-19(23)11-18(21)14-32(28,29)30;;;/h3-4,9-11H,5-8,12-14H2,1-2H3,(H,28,29,30);;;/q;+2;2*-1. The predicted octanol–water partition coefficient (Wildman–Crippen LogP) is 3.05. The van der Waals surface area contributed by atoms with Crippen molar-refractivity contribution >= 4 is 65.4 Å². The molecule has 1 aliphatic heterocycles. The summed E-state index contributed by atoms with van der Waals surface area (Å²) in [5.74, 6) is -0.896. The first-order valence-corrected chi connectivity index (χ1v) is 12.1. The second kappa shape index (κ2) is 12.2. The van der Waals surface area contributed by atoms with E-state index in [1.165, 1.54) is 18.2 Å². The first-order chi connectivity index (χ1) is 15.0. The maximum absolute atomic E-state index is 13.7. The van der Waals surface area contributed by atoms with E-state index in [1.54, 1.807) is 17.9 Å². The van der Waals surface area contributed by atoms with Crippen LogP contribution in [-0.2, 0) is 27.2 Å². The fourth-order valence-electron chi connectivity index (χ4n) is 3.64. The Balaban J connectivity index is 0.00000385. The van der Waals surface area contributed by atoms with Crippen LogP contribution in [0.3, 0.4) is 0 Å². The molecule has 0 radical (unpaired) electrons. The summed E-state index contributed by atoms with van der Waals surface area (Å²) < 4.78 is 50.8. The Morgan fingerprint density at radius 1 is 1.12 bits per heavy atom. The number of halogens is 2. The Morgan fingerprint density at radius 3 is 2.42 bits per heavy atom. The van der Waals surface area contributed by atoms with Crippen molar-refractivity contribution in [2.24, 2.45) is 0 Å². The maximum Gasteiger partial charge on any atom is 2.00 e. The van der Waals surface area contributed by atoms with Crippen LogP contribution in [0.15, 0.2) is 30.3 Å². The van der Waals surface area contributed by atoms with E-state index in [1.807, 2.05) is 13.0 Å². The third-order valence-electron chi connectivity index (χ3n) is 5.45. The number of carbonyl (C=O) groups excluding carboxylic acids is 1. The van der Waals surface area contributed by atoms with Crippen molar-refractivity contribution in [2.45, 2.75) is 26.1 Å². The second-order valence-corrected chi connectivity index (χ2v) is 9.84. The summed E-state index contributed by atoms with van der Waals surface area (Å²) in [4.78, 5) is 16.5. The molecule has 0 atom stereocenters. The zero-order valence-electron chi connectivity index (χ0n) is 20.7. The average Bonchev–Trinajstić information content (AvgIpc) is 2.70. The molecule has 0 bridgehead atoms. The van der Waals surface area contributed by atoms with Gasteiger partial charge in [-0.1, -0.05) is 17.7 Å². The molecule has 178 valence electrons. The van der Waals surface area contributed by atoms with E-state index >= 15 is 0 Å². The molecule has 2 aromatic rings. The molecule has 1 amide bonds. The van der Waals surface area contributed by atoms with Crippen molar-refractivity contribution in [2.75, 3.05) is 32.8 Å². The van der Waals surface area contributed by atoms with Crippen molar-refractivity contribution in [3.63, 3.8) is 0 Å². The van der Waals surface area contributed by atoms with Crippen LogP contribution in [0.1, 0.15) is 25.1 Å². The van der Waals surface area contributed by atoms with Gasteiger partial charge in [0.2, 0.25) is 0 Å². The topological polar surface area (TPSA) is 87.2 Å². The Hall–Kier alpha value is -0.940. The van der Waals surface area contributed by atoms with E-state index in [0.717, 1.165) is 11.1 Å². The molecule has 1 N–H and O–H groups in total. The number of aryl methyl sites for hydroxylation is 2. The van der Waals surface area contributed by atoms with E-state index in [-0.39, 0.29) is 70.2 Å². The van der Waals surface area contributed by atoms with Crippen molar-refractivity contribution in [3.8, 4) is 5.75 Å². The largest absolute Gasteiger partial charge is 2.00 e. The fraction of sp³-hybridized carbons (Fsp3) is 0.409. The predicted molar refractivity (Wildman–Crippen MR) is 128 cm³/mol. The van der Waals surface area contributed by atoms with Gasteiger partial charge in [0.1, 0.15) is 17.3 Å². The van der Waals surface area contributed by atoms with Gasteiger partial charge in [-0.2, -0.15) is 8.42 Å². The molecule has 1 aliphatic rings. The molecule has 0 aliphatic carbocycles. The summed E-state index contributed by atoms with van der Waals surface area (Å²) in [6, 6.07) is 7.79. The summed E-state index contributed by atoms with van der Waals surface area (Å²) in [5.41, 5.74) is 2.78. The third-order valence-corrected chi connectivity index (χ3v) is 6.36. The Labute approximate surface area is 231 Å². The SMILES string of the molecule is Cc1cc(CN2CCN(C(=O)COc3ccc(Cl)cc3CS(=O)(=O)O)CC2)c(C)cc1F.[Ca+2].[H-].[H-]. The number of piperazine rings is 1. The fourth-order valence-corrected chi connectivity index (χ4v) is 4.45. The average molecular weight is 527 g/mol. The Morgan fingerprint density at radius 2 is 1.79 bits per heavy atom. The molecule has 0 aromatic heterocycles. The summed E-state index contributed by atoms with van der Waals surface area (Å²) in [6.07, 6.45) is 0. The molecule has 11 heteroatoms. The van der Waals surface area contributed by atoms with E-state index in [0.29, 0.717) is 43.3 Å². The van der Waals surface area contributed by atoms with Gasteiger partial charge in [-0.15, -0.1) is 0 Å². The van der Waals surface area contributed by atoms with Crippen LogP contribution in [-0.4, -0.2) is 99.2 Å². The van der Waals surface area contributed by atoms with Gasteiger partial charge in [-0.3, -0.25) is 14.2 Å². The number of ether oxygens (including phenoxy) is 1. The first kappa shape index (κ1) is 28.3. The van der Waals surface area contributed by atoms with Gasteiger partial charge in [-0.25, -0.2) is 4.39 Å². The number of hydrogen-bond acceptors (Lipinski definition) is 5. The Kier molecular flexibility index (Phi) is 10.4. The smallest absolute Gasteiger partial charge is 1.00 e. The van der Waals surface area contributed by atoms with Crippen molar-refractivity contribution in [1.29, 1.82) is 0 Å². The maximum atomic E-state index is 13.7. The number of nitrogens with zero attached hydrogens (tertiary/aromatic N) is 2. The molecule has 0 spiro atoms. The van der Waals surface area contributed by atoms with Gasteiger partial charge < -0.3 is 12.5 Å². The second-order valence-electron chi connectivity index (χ2n) is 7.95. The van der Waals surface area contributed by atoms with Crippen LogP contribution in [0, 0.1) is 19.7 Å².